The summed E-state index contributed by atoms with van der Waals surface area (Å²) < 4.78 is 11.6. The maximum absolute atomic E-state index is 5.89. The van der Waals surface area contributed by atoms with Crippen LogP contribution in [0.5, 0.6) is 11.6 Å². The Labute approximate surface area is 102 Å². The van der Waals surface area contributed by atoms with Crippen molar-refractivity contribution in [1.82, 2.24) is 10.3 Å². The summed E-state index contributed by atoms with van der Waals surface area (Å²) in [6, 6.07) is 3.77. The van der Waals surface area contributed by atoms with Crippen LogP contribution < -0.4 is 14.8 Å². The van der Waals surface area contributed by atoms with Crippen molar-refractivity contribution in [2.75, 3.05) is 13.1 Å². The minimum Gasteiger partial charge on any atom is -0.485 e. The Balaban J connectivity index is 2.03. The SMILES string of the molecule is CC(C)Oc1cccnc1OC1CCCNC1. The van der Waals surface area contributed by atoms with Gasteiger partial charge in [-0.3, -0.25) is 0 Å². The van der Waals surface area contributed by atoms with Crippen molar-refractivity contribution in [2.45, 2.75) is 38.9 Å². The number of hydrogen-bond donors (Lipinski definition) is 1. The molecule has 0 radical (unpaired) electrons. The molecule has 4 nitrogen and oxygen atoms in total. The zero-order valence-electron chi connectivity index (χ0n) is 10.5. The molecule has 0 bridgehead atoms. The van der Waals surface area contributed by atoms with Crippen molar-refractivity contribution in [2.24, 2.45) is 0 Å². The molecule has 1 atom stereocenters. The second kappa shape index (κ2) is 5.87. The Bertz CT molecular complexity index is 349. The summed E-state index contributed by atoms with van der Waals surface area (Å²) >= 11 is 0. The first-order valence-corrected chi connectivity index (χ1v) is 6.25. The monoisotopic (exact) mass is 236 g/mol. The molecular formula is C13H20N2O2. The maximum atomic E-state index is 5.89. The minimum atomic E-state index is 0.131. The summed E-state index contributed by atoms with van der Waals surface area (Å²) in [5.74, 6) is 1.34. The van der Waals surface area contributed by atoms with Crippen LogP contribution in [0.4, 0.5) is 0 Å². The van der Waals surface area contributed by atoms with Gasteiger partial charge in [-0.05, 0) is 45.4 Å². The van der Waals surface area contributed by atoms with Crippen LogP contribution in [0.1, 0.15) is 26.7 Å². The van der Waals surface area contributed by atoms with Gasteiger partial charge < -0.3 is 14.8 Å². The van der Waals surface area contributed by atoms with Crippen molar-refractivity contribution in [1.29, 1.82) is 0 Å². The Morgan fingerprint density at radius 2 is 2.35 bits per heavy atom. The molecule has 1 aliphatic heterocycles. The molecule has 1 N–H and O–H groups in total. The number of hydrogen-bond acceptors (Lipinski definition) is 4. The van der Waals surface area contributed by atoms with Gasteiger partial charge in [-0.15, -0.1) is 0 Å². The lowest BCUT2D eigenvalue weighted by Crippen LogP contribution is -2.37. The second-order valence-corrected chi connectivity index (χ2v) is 4.56. The third-order valence-corrected chi connectivity index (χ3v) is 2.63. The van der Waals surface area contributed by atoms with Crippen LogP contribution in [0, 0.1) is 0 Å². The van der Waals surface area contributed by atoms with Gasteiger partial charge in [-0.2, -0.15) is 0 Å². The largest absolute Gasteiger partial charge is 0.485 e. The molecule has 1 aromatic rings. The number of nitrogens with zero attached hydrogens (tertiary/aromatic N) is 1. The number of ether oxygens (including phenoxy) is 2. The summed E-state index contributed by atoms with van der Waals surface area (Å²) in [7, 11) is 0. The van der Waals surface area contributed by atoms with E-state index in [4.69, 9.17) is 9.47 Å². The first-order valence-electron chi connectivity index (χ1n) is 6.25. The van der Waals surface area contributed by atoms with Crippen molar-refractivity contribution < 1.29 is 9.47 Å². The van der Waals surface area contributed by atoms with Crippen molar-refractivity contribution in [3.8, 4) is 11.6 Å². The summed E-state index contributed by atoms with van der Waals surface area (Å²) in [4.78, 5) is 4.25. The Kier molecular flexibility index (Phi) is 4.20. The molecule has 1 saturated heterocycles. The van der Waals surface area contributed by atoms with Gasteiger partial charge in [-0.1, -0.05) is 0 Å². The van der Waals surface area contributed by atoms with E-state index >= 15 is 0 Å². The number of aromatic nitrogens is 1. The molecule has 0 aromatic carbocycles. The highest BCUT2D eigenvalue weighted by molar-refractivity contribution is 5.32. The standard InChI is InChI=1S/C13H20N2O2/c1-10(2)16-12-6-4-8-15-13(12)17-11-5-3-7-14-9-11/h4,6,8,10-11,14H,3,5,7,9H2,1-2H3. The lowest BCUT2D eigenvalue weighted by atomic mass is 10.1. The molecule has 4 heteroatoms. The summed E-state index contributed by atoms with van der Waals surface area (Å²) in [5, 5.41) is 3.32. The van der Waals surface area contributed by atoms with E-state index in [0.29, 0.717) is 5.88 Å². The van der Waals surface area contributed by atoms with Gasteiger partial charge in [0.05, 0.1) is 6.10 Å². The van der Waals surface area contributed by atoms with Crippen LogP contribution in [-0.2, 0) is 0 Å². The number of piperidine rings is 1. The zero-order chi connectivity index (χ0) is 12.1. The number of rotatable bonds is 4. The van der Waals surface area contributed by atoms with E-state index < -0.39 is 0 Å². The summed E-state index contributed by atoms with van der Waals surface area (Å²) in [6.07, 6.45) is 4.29. The van der Waals surface area contributed by atoms with Crippen LogP contribution >= 0.6 is 0 Å². The molecule has 1 aromatic heterocycles. The molecule has 2 heterocycles. The summed E-state index contributed by atoms with van der Waals surface area (Å²) in [6.45, 7) is 5.97. The number of nitrogens with one attached hydrogen (secondary N) is 1. The predicted octanol–water partition coefficient (Wildman–Crippen LogP) is 2.00. The fourth-order valence-electron chi connectivity index (χ4n) is 1.89. The van der Waals surface area contributed by atoms with E-state index in [-0.39, 0.29) is 12.2 Å². The Hall–Kier alpha value is -1.29. The van der Waals surface area contributed by atoms with Gasteiger partial charge >= 0.3 is 0 Å². The average Bonchev–Trinajstić information content (AvgIpc) is 2.32. The maximum Gasteiger partial charge on any atom is 0.257 e. The molecule has 0 spiro atoms. The molecule has 0 saturated carbocycles. The molecule has 2 rings (SSSR count). The van der Waals surface area contributed by atoms with Gasteiger partial charge in [0.1, 0.15) is 6.10 Å². The average molecular weight is 236 g/mol. The lowest BCUT2D eigenvalue weighted by molar-refractivity contribution is 0.145. The van der Waals surface area contributed by atoms with Gasteiger partial charge in [0, 0.05) is 12.7 Å². The second-order valence-electron chi connectivity index (χ2n) is 4.56. The fraction of sp³-hybridized carbons (Fsp3) is 0.615. The van der Waals surface area contributed by atoms with E-state index in [9.17, 15) is 0 Å². The molecule has 94 valence electrons. The smallest absolute Gasteiger partial charge is 0.257 e. The fourth-order valence-corrected chi connectivity index (χ4v) is 1.89. The molecule has 17 heavy (non-hydrogen) atoms. The highest BCUT2D eigenvalue weighted by Gasteiger charge is 2.17. The quantitative estimate of drug-likeness (QED) is 0.868. The van der Waals surface area contributed by atoms with Crippen molar-refractivity contribution >= 4 is 0 Å². The normalized spacial score (nSPS) is 20.3. The van der Waals surface area contributed by atoms with Crippen LogP contribution in [-0.4, -0.2) is 30.3 Å². The lowest BCUT2D eigenvalue weighted by Gasteiger charge is -2.24. The van der Waals surface area contributed by atoms with Crippen LogP contribution in [0.3, 0.4) is 0 Å². The first-order chi connectivity index (χ1) is 8.25. The minimum absolute atomic E-state index is 0.131. The topological polar surface area (TPSA) is 43.4 Å². The molecule has 1 unspecified atom stereocenters. The van der Waals surface area contributed by atoms with Crippen LogP contribution in [0.15, 0.2) is 18.3 Å². The van der Waals surface area contributed by atoms with Gasteiger partial charge in [0.2, 0.25) is 0 Å². The Morgan fingerprint density at radius 3 is 3.06 bits per heavy atom. The molecular weight excluding hydrogens is 216 g/mol. The summed E-state index contributed by atoms with van der Waals surface area (Å²) in [5.41, 5.74) is 0. The zero-order valence-corrected chi connectivity index (χ0v) is 10.5. The van der Waals surface area contributed by atoms with Gasteiger partial charge in [0.25, 0.3) is 5.88 Å². The molecule has 1 fully saturated rings. The van der Waals surface area contributed by atoms with Gasteiger partial charge in [-0.25, -0.2) is 4.98 Å². The third kappa shape index (κ3) is 3.60. The van der Waals surface area contributed by atoms with E-state index in [1.807, 2.05) is 26.0 Å². The van der Waals surface area contributed by atoms with E-state index in [0.717, 1.165) is 31.7 Å². The van der Waals surface area contributed by atoms with Crippen LogP contribution in [0.25, 0.3) is 0 Å². The van der Waals surface area contributed by atoms with Crippen molar-refractivity contribution in [3.05, 3.63) is 18.3 Å². The molecule has 0 aliphatic carbocycles. The van der Waals surface area contributed by atoms with Gasteiger partial charge in [0.15, 0.2) is 5.75 Å². The third-order valence-electron chi connectivity index (χ3n) is 2.63. The highest BCUT2D eigenvalue weighted by atomic mass is 16.5. The van der Waals surface area contributed by atoms with E-state index in [1.54, 1.807) is 6.20 Å². The van der Waals surface area contributed by atoms with Crippen molar-refractivity contribution in [3.63, 3.8) is 0 Å². The number of pyridine rings is 1. The van der Waals surface area contributed by atoms with Crippen LogP contribution in [0.2, 0.25) is 0 Å². The highest BCUT2D eigenvalue weighted by Crippen LogP contribution is 2.26. The Morgan fingerprint density at radius 1 is 1.47 bits per heavy atom. The molecule has 1 aliphatic rings. The predicted molar refractivity (Wildman–Crippen MR) is 66.5 cm³/mol. The van der Waals surface area contributed by atoms with E-state index in [1.165, 1.54) is 0 Å². The van der Waals surface area contributed by atoms with E-state index in [2.05, 4.69) is 10.3 Å². The molecule has 0 amide bonds. The first kappa shape index (κ1) is 12.2.